The SMILES string of the molecule is O=C(O)/C(=N\O)C(=O)C(F)F. The van der Waals surface area contributed by atoms with Crippen LogP contribution in [0.2, 0.25) is 0 Å². The number of aliphatic carboxylic acids is 1. The highest BCUT2D eigenvalue weighted by Gasteiger charge is 2.28. The highest BCUT2D eigenvalue weighted by atomic mass is 19.3. The third kappa shape index (κ3) is 2.28. The quantitative estimate of drug-likeness (QED) is 0.262. The molecule has 0 fully saturated rings. The first kappa shape index (κ1) is 9.47. The highest BCUT2D eigenvalue weighted by molar-refractivity contribution is 6.64. The summed E-state index contributed by atoms with van der Waals surface area (Å²) in [5.74, 6) is -4.00. The Kier molecular flexibility index (Phi) is 3.09. The van der Waals surface area contributed by atoms with Crippen molar-refractivity contribution in [3.8, 4) is 0 Å². The van der Waals surface area contributed by atoms with Gasteiger partial charge in [0.1, 0.15) is 0 Å². The predicted octanol–water partition coefficient (Wildman–Crippen LogP) is -0.265. The Hall–Kier alpha value is -1.53. The van der Waals surface area contributed by atoms with E-state index in [1.54, 1.807) is 0 Å². The molecule has 0 radical (unpaired) electrons. The summed E-state index contributed by atoms with van der Waals surface area (Å²) in [4.78, 5) is 19.9. The monoisotopic (exact) mass is 167 g/mol. The van der Waals surface area contributed by atoms with Gasteiger partial charge in [0.25, 0.3) is 5.78 Å². The van der Waals surface area contributed by atoms with E-state index in [9.17, 15) is 18.4 Å². The summed E-state index contributed by atoms with van der Waals surface area (Å²) >= 11 is 0. The van der Waals surface area contributed by atoms with Crippen molar-refractivity contribution in [3.63, 3.8) is 0 Å². The average molecular weight is 167 g/mol. The first-order valence-corrected chi connectivity index (χ1v) is 2.28. The van der Waals surface area contributed by atoms with Crippen LogP contribution in [0.1, 0.15) is 0 Å². The molecule has 0 aromatic rings. The fourth-order valence-electron chi connectivity index (χ4n) is 0.301. The van der Waals surface area contributed by atoms with Gasteiger partial charge in [0.2, 0.25) is 5.71 Å². The van der Waals surface area contributed by atoms with Crippen LogP contribution in [-0.4, -0.2) is 34.2 Å². The van der Waals surface area contributed by atoms with Gasteiger partial charge in [-0.2, -0.15) is 0 Å². The van der Waals surface area contributed by atoms with E-state index in [0.717, 1.165) is 0 Å². The number of hydrogen-bond acceptors (Lipinski definition) is 4. The lowest BCUT2D eigenvalue weighted by atomic mass is 10.2. The fourth-order valence-corrected chi connectivity index (χ4v) is 0.301. The van der Waals surface area contributed by atoms with Crippen LogP contribution in [0.5, 0.6) is 0 Å². The van der Waals surface area contributed by atoms with Crippen LogP contribution >= 0.6 is 0 Å². The van der Waals surface area contributed by atoms with Crippen molar-refractivity contribution in [1.82, 2.24) is 0 Å². The van der Waals surface area contributed by atoms with Crippen molar-refractivity contribution >= 4 is 17.5 Å². The predicted molar refractivity (Wildman–Crippen MR) is 27.9 cm³/mol. The van der Waals surface area contributed by atoms with Gasteiger partial charge < -0.3 is 10.3 Å². The Morgan fingerprint density at radius 3 is 1.91 bits per heavy atom. The Morgan fingerprint density at radius 2 is 1.82 bits per heavy atom. The van der Waals surface area contributed by atoms with Gasteiger partial charge in [0.05, 0.1) is 0 Å². The van der Waals surface area contributed by atoms with Crippen LogP contribution < -0.4 is 0 Å². The molecule has 0 aromatic carbocycles. The van der Waals surface area contributed by atoms with Crippen molar-refractivity contribution in [3.05, 3.63) is 0 Å². The number of carboxylic acids is 1. The fraction of sp³-hybridized carbons (Fsp3) is 0.250. The number of Topliss-reactive ketones (excluding diaryl/α,β-unsaturated/α-hetero) is 1. The molecular weight excluding hydrogens is 164 g/mol. The number of hydrogen-bond donors (Lipinski definition) is 2. The molecular formula is C4H3F2NO4. The van der Waals surface area contributed by atoms with E-state index in [4.69, 9.17) is 10.3 Å². The number of rotatable bonds is 3. The number of carboxylic acid groups (broad SMARTS) is 1. The molecule has 11 heavy (non-hydrogen) atoms. The summed E-state index contributed by atoms with van der Waals surface area (Å²) in [5, 5.41) is 17.6. The van der Waals surface area contributed by atoms with Crippen LogP contribution in [-0.2, 0) is 9.59 Å². The maximum Gasteiger partial charge on any atom is 0.361 e. The number of carbonyl (C=O) groups excluding carboxylic acids is 1. The smallest absolute Gasteiger partial charge is 0.361 e. The van der Waals surface area contributed by atoms with E-state index in [2.05, 4.69) is 0 Å². The van der Waals surface area contributed by atoms with Crippen molar-refractivity contribution in [2.75, 3.05) is 0 Å². The van der Waals surface area contributed by atoms with Crippen molar-refractivity contribution < 1.29 is 28.7 Å². The van der Waals surface area contributed by atoms with Crippen LogP contribution in [0, 0.1) is 0 Å². The molecule has 0 amide bonds. The zero-order valence-electron chi connectivity index (χ0n) is 4.99. The van der Waals surface area contributed by atoms with Crippen LogP contribution in [0.4, 0.5) is 8.78 Å². The van der Waals surface area contributed by atoms with Crippen LogP contribution in [0.25, 0.3) is 0 Å². The zero-order chi connectivity index (χ0) is 9.02. The molecule has 0 spiro atoms. The van der Waals surface area contributed by atoms with Gasteiger partial charge in [0, 0.05) is 0 Å². The minimum atomic E-state index is -3.48. The molecule has 0 aliphatic rings. The molecule has 0 aliphatic heterocycles. The lowest BCUT2D eigenvalue weighted by Gasteiger charge is -1.94. The number of alkyl halides is 2. The van der Waals surface area contributed by atoms with E-state index in [0.29, 0.717) is 0 Å². The van der Waals surface area contributed by atoms with Crippen LogP contribution in [0.3, 0.4) is 0 Å². The lowest BCUT2D eigenvalue weighted by Crippen LogP contribution is -2.29. The maximum atomic E-state index is 11.4. The van der Waals surface area contributed by atoms with E-state index in [-0.39, 0.29) is 0 Å². The lowest BCUT2D eigenvalue weighted by molar-refractivity contribution is -0.132. The summed E-state index contributed by atoms with van der Waals surface area (Å²) in [7, 11) is 0. The van der Waals surface area contributed by atoms with Gasteiger partial charge in [-0.15, -0.1) is 0 Å². The molecule has 62 valence electrons. The van der Waals surface area contributed by atoms with Gasteiger partial charge in [-0.1, -0.05) is 5.16 Å². The number of ketones is 1. The summed E-state index contributed by atoms with van der Waals surface area (Å²) in [5.41, 5.74) is -1.57. The Labute approximate surface area is 58.9 Å². The number of halogens is 2. The summed E-state index contributed by atoms with van der Waals surface area (Å²) in [6.45, 7) is 0. The second-order valence-electron chi connectivity index (χ2n) is 1.42. The summed E-state index contributed by atoms with van der Waals surface area (Å²) in [6.07, 6.45) is -3.48. The highest BCUT2D eigenvalue weighted by Crippen LogP contribution is 1.96. The molecule has 0 saturated carbocycles. The van der Waals surface area contributed by atoms with Gasteiger partial charge in [0.15, 0.2) is 0 Å². The second kappa shape index (κ2) is 3.59. The number of oxime groups is 1. The van der Waals surface area contributed by atoms with Crippen molar-refractivity contribution in [2.24, 2.45) is 5.16 Å². The molecule has 0 aromatic heterocycles. The molecule has 0 unspecified atom stereocenters. The van der Waals surface area contributed by atoms with Gasteiger partial charge in [-0.05, 0) is 0 Å². The van der Waals surface area contributed by atoms with Crippen LogP contribution in [0.15, 0.2) is 5.16 Å². The minimum absolute atomic E-state index is 1.57. The molecule has 0 atom stereocenters. The molecule has 0 rings (SSSR count). The molecule has 5 nitrogen and oxygen atoms in total. The third-order valence-corrected chi connectivity index (χ3v) is 0.734. The Morgan fingerprint density at radius 1 is 1.36 bits per heavy atom. The van der Waals surface area contributed by atoms with E-state index < -0.39 is 23.9 Å². The zero-order valence-corrected chi connectivity index (χ0v) is 4.99. The van der Waals surface area contributed by atoms with E-state index >= 15 is 0 Å². The molecule has 0 bridgehead atoms. The standard InChI is InChI=1S/C4H3F2NO4/c5-3(6)2(8)1(7-11)4(9)10/h3,11H,(H,9,10)/b7-1-. The Bertz CT molecular complexity index is 212. The minimum Gasteiger partial charge on any atom is -0.476 e. The van der Waals surface area contributed by atoms with Gasteiger partial charge in [-0.3, -0.25) is 4.79 Å². The topological polar surface area (TPSA) is 87.0 Å². The number of nitrogens with zero attached hydrogens (tertiary/aromatic N) is 1. The first-order valence-electron chi connectivity index (χ1n) is 2.28. The van der Waals surface area contributed by atoms with Gasteiger partial charge >= 0.3 is 12.4 Å². The van der Waals surface area contributed by atoms with Crippen molar-refractivity contribution in [2.45, 2.75) is 6.43 Å². The van der Waals surface area contributed by atoms with E-state index in [1.807, 2.05) is 5.16 Å². The molecule has 0 saturated heterocycles. The summed E-state index contributed by atoms with van der Waals surface area (Å²) < 4.78 is 22.8. The second-order valence-corrected chi connectivity index (χ2v) is 1.42. The first-order chi connectivity index (χ1) is 5.00. The molecule has 0 aliphatic carbocycles. The third-order valence-electron chi connectivity index (χ3n) is 0.734. The van der Waals surface area contributed by atoms with Crippen molar-refractivity contribution in [1.29, 1.82) is 0 Å². The van der Waals surface area contributed by atoms with Gasteiger partial charge in [-0.25, -0.2) is 13.6 Å². The maximum absolute atomic E-state index is 11.4. The average Bonchev–Trinajstić information content (AvgIpc) is 1.88. The Balaban J connectivity index is 4.55. The summed E-state index contributed by atoms with van der Waals surface area (Å²) in [6, 6.07) is 0. The number of carbonyl (C=O) groups is 2. The normalized spacial score (nSPS) is 11.7. The largest absolute Gasteiger partial charge is 0.476 e. The molecule has 2 N–H and O–H groups in total. The molecule has 7 heteroatoms. The molecule has 0 heterocycles. The van der Waals surface area contributed by atoms with E-state index in [1.165, 1.54) is 0 Å².